The summed E-state index contributed by atoms with van der Waals surface area (Å²) in [7, 11) is 0. The maximum Gasteiger partial charge on any atom is 0.184 e. The minimum Gasteiger partial charge on any atom is -0.495 e. The summed E-state index contributed by atoms with van der Waals surface area (Å²) < 4.78 is 0. The molecular weight excluding hydrogens is 368 g/mol. The Balaban J connectivity index is 1.79. The average molecular weight is 401 g/mol. The Morgan fingerprint density at radius 1 is 0.733 bits per heavy atom. The van der Waals surface area contributed by atoms with Crippen LogP contribution in [0.5, 0.6) is 0 Å². The fraction of sp³-hybridized carbons (Fsp3) is 0.259. The van der Waals surface area contributed by atoms with Crippen LogP contribution in [-0.4, -0.2) is 16.6 Å². The topological polar surface area (TPSA) is 35.5 Å². The number of aliphatic hydroxyl groups is 1. The molecular formula is C27H32N2O. The Morgan fingerprint density at radius 3 is 1.57 bits per heavy atom. The van der Waals surface area contributed by atoms with E-state index in [1.807, 2.05) is 60.7 Å². The van der Waals surface area contributed by atoms with Gasteiger partial charge < -0.3 is 15.3 Å². The molecule has 2 N–H and O–H groups in total. The summed E-state index contributed by atoms with van der Waals surface area (Å²) in [5.41, 5.74) is 3.58. The van der Waals surface area contributed by atoms with Crippen molar-refractivity contribution >= 4 is 0 Å². The van der Waals surface area contributed by atoms with Crippen LogP contribution in [0.25, 0.3) is 0 Å². The summed E-state index contributed by atoms with van der Waals surface area (Å²) in [4.78, 5) is 2.08. The smallest absolute Gasteiger partial charge is 0.184 e. The predicted molar refractivity (Wildman–Crippen MR) is 125 cm³/mol. The largest absolute Gasteiger partial charge is 0.495 e. The van der Waals surface area contributed by atoms with Crippen molar-refractivity contribution in [2.24, 2.45) is 0 Å². The minimum atomic E-state index is 0.0317. The van der Waals surface area contributed by atoms with E-state index in [1.165, 1.54) is 16.7 Å². The monoisotopic (exact) mass is 400 g/mol. The molecule has 0 aliphatic heterocycles. The highest BCUT2D eigenvalue weighted by molar-refractivity contribution is 5.24. The van der Waals surface area contributed by atoms with Crippen molar-refractivity contribution in [1.82, 2.24) is 10.2 Å². The van der Waals surface area contributed by atoms with Crippen molar-refractivity contribution in [3.05, 3.63) is 120 Å². The normalized spacial score (nSPS) is 14.7. The van der Waals surface area contributed by atoms with Gasteiger partial charge in [-0.05, 0) is 43.5 Å². The van der Waals surface area contributed by atoms with Gasteiger partial charge in [0, 0.05) is 12.6 Å². The quantitative estimate of drug-likeness (QED) is 0.399. The van der Waals surface area contributed by atoms with Crippen LogP contribution >= 0.6 is 0 Å². The second kappa shape index (κ2) is 10.7. The van der Waals surface area contributed by atoms with Gasteiger partial charge in [0.25, 0.3) is 0 Å². The SMILES string of the molecule is C[C@H](NC/C=C(\O)N([C@H](C)c1ccccc1)[C@H](C)c1ccccc1)c1ccccc1. The molecule has 3 atom stereocenters. The lowest BCUT2D eigenvalue weighted by atomic mass is 10.0. The van der Waals surface area contributed by atoms with Gasteiger partial charge in [-0.25, -0.2) is 0 Å². The molecule has 3 heteroatoms. The maximum atomic E-state index is 11.1. The van der Waals surface area contributed by atoms with Crippen molar-refractivity contribution in [2.75, 3.05) is 6.54 Å². The fourth-order valence-electron chi connectivity index (χ4n) is 3.81. The van der Waals surface area contributed by atoms with Gasteiger partial charge >= 0.3 is 0 Å². The summed E-state index contributed by atoms with van der Waals surface area (Å²) in [6.45, 7) is 7.00. The second-order valence-corrected chi connectivity index (χ2v) is 7.68. The first-order valence-electron chi connectivity index (χ1n) is 10.6. The van der Waals surface area contributed by atoms with Gasteiger partial charge in [-0.3, -0.25) is 0 Å². The zero-order chi connectivity index (χ0) is 21.3. The van der Waals surface area contributed by atoms with Crippen molar-refractivity contribution in [3.63, 3.8) is 0 Å². The number of hydrogen-bond acceptors (Lipinski definition) is 3. The van der Waals surface area contributed by atoms with Gasteiger partial charge in [-0.1, -0.05) is 91.0 Å². The highest BCUT2D eigenvalue weighted by Gasteiger charge is 2.24. The molecule has 156 valence electrons. The molecule has 0 unspecified atom stereocenters. The van der Waals surface area contributed by atoms with Gasteiger partial charge in [0.05, 0.1) is 12.1 Å². The fourth-order valence-corrected chi connectivity index (χ4v) is 3.81. The predicted octanol–water partition coefficient (Wildman–Crippen LogP) is 6.56. The van der Waals surface area contributed by atoms with Crippen molar-refractivity contribution in [1.29, 1.82) is 0 Å². The molecule has 0 radical (unpaired) electrons. The molecule has 0 heterocycles. The van der Waals surface area contributed by atoms with Crippen LogP contribution in [0.15, 0.2) is 103 Å². The molecule has 0 saturated carbocycles. The molecule has 0 spiro atoms. The molecule has 30 heavy (non-hydrogen) atoms. The molecule has 3 aromatic rings. The summed E-state index contributed by atoms with van der Waals surface area (Å²) in [5.74, 6) is 0.287. The number of benzene rings is 3. The summed E-state index contributed by atoms with van der Waals surface area (Å²) >= 11 is 0. The molecule has 0 amide bonds. The Hall–Kier alpha value is -3.04. The Morgan fingerprint density at radius 2 is 1.13 bits per heavy atom. The van der Waals surface area contributed by atoms with Gasteiger partial charge in [0.2, 0.25) is 0 Å². The van der Waals surface area contributed by atoms with Crippen LogP contribution in [-0.2, 0) is 0 Å². The van der Waals surface area contributed by atoms with Crippen LogP contribution in [0.1, 0.15) is 55.6 Å². The first-order chi connectivity index (χ1) is 14.6. The average Bonchev–Trinajstić information content (AvgIpc) is 2.80. The number of aliphatic hydroxyl groups excluding tert-OH is 1. The zero-order valence-corrected chi connectivity index (χ0v) is 18.1. The van der Waals surface area contributed by atoms with Crippen molar-refractivity contribution < 1.29 is 5.11 Å². The van der Waals surface area contributed by atoms with Crippen molar-refractivity contribution in [2.45, 2.75) is 38.9 Å². The van der Waals surface area contributed by atoms with E-state index in [2.05, 4.69) is 67.4 Å². The Bertz CT molecular complexity index is 864. The van der Waals surface area contributed by atoms with E-state index >= 15 is 0 Å². The third kappa shape index (κ3) is 5.52. The lowest BCUT2D eigenvalue weighted by molar-refractivity contribution is 0.117. The van der Waals surface area contributed by atoms with E-state index < -0.39 is 0 Å². The van der Waals surface area contributed by atoms with Crippen LogP contribution in [0.2, 0.25) is 0 Å². The van der Waals surface area contributed by atoms with Gasteiger partial charge in [-0.15, -0.1) is 0 Å². The van der Waals surface area contributed by atoms with E-state index in [4.69, 9.17) is 0 Å². The van der Waals surface area contributed by atoms with E-state index in [-0.39, 0.29) is 24.0 Å². The molecule has 0 aliphatic carbocycles. The molecule has 0 aliphatic rings. The Labute approximate surface area is 180 Å². The lowest BCUT2D eigenvalue weighted by Gasteiger charge is -2.36. The summed E-state index contributed by atoms with van der Waals surface area (Å²) in [6.07, 6.45) is 1.87. The third-order valence-corrected chi connectivity index (χ3v) is 5.67. The number of nitrogens with one attached hydrogen (secondary N) is 1. The van der Waals surface area contributed by atoms with Gasteiger partial charge in [0.1, 0.15) is 0 Å². The van der Waals surface area contributed by atoms with Gasteiger partial charge in [0.15, 0.2) is 5.88 Å². The van der Waals surface area contributed by atoms with E-state index in [1.54, 1.807) is 0 Å². The third-order valence-electron chi connectivity index (χ3n) is 5.67. The van der Waals surface area contributed by atoms with E-state index in [0.717, 1.165) is 0 Å². The number of rotatable bonds is 9. The molecule has 3 rings (SSSR count). The van der Waals surface area contributed by atoms with E-state index in [9.17, 15) is 5.11 Å². The van der Waals surface area contributed by atoms with Gasteiger partial charge in [-0.2, -0.15) is 0 Å². The number of hydrogen-bond donors (Lipinski definition) is 2. The van der Waals surface area contributed by atoms with Crippen LogP contribution in [0.3, 0.4) is 0 Å². The molecule has 0 bridgehead atoms. The lowest BCUT2D eigenvalue weighted by Crippen LogP contribution is -2.30. The van der Waals surface area contributed by atoms with E-state index in [0.29, 0.717) is 6.54 Å². The highest BCUT2D eigenvalue weighted by Crippen LogP contribution is 2.33. The first-order valence-corrected chi connectivity index (χ1v) is 10.6. The molecule has 0 fully saturated rings. The maximum absolute atomic E-state index is 11.1. The van der Waals surface area contributed by atoms with Crippen LogP contribution in [0.4, 0.5) is 0 Å². The molecule has 0 aromatic heterocycles. The molecule has 3 nitrogen and oxygen atoms in total. The molecule has 3 aromatic carbocycles. The Kier molecular flexibility index (Phi) is 7.69. The highest BCUT2D eigenvalue weighted by atomic mass is 16.3. The summed E-state index contributed by atoms with van der Waals surface area (Å²) in [6, 6.07) is 31.3. The standard InChI is InChI=1S/C27H32N2O/c1-21(24-13-7-4-8-14-24)28-20-19-27(30)29(22(2)25-15-9-5-10-16-25)23(3)26-17-11-6-12-18-26/h4-19,21-23,28,30H,20H2,1-3H3/b27-19-/t21-,22+,23+/m0/s1. The van der Waals surface area contributed by atoms with Crippen molar-refractivity contribution in [3.8, 4) is 0 Å². The van der Waals surface area contributed by atoms with Crippen LogP contribution in [0, 0.1) is 0 Å². The zero-order valence-electron chi connectivity index (χ0n) is 18.1. The molecule has 0 saturated heterocycles. The number of nitrogens with zero attached hydrogens (tertiary/aromatic N) is 1. The summed E-state index contributed by atoms with van der Waals surface area (Å²) in [5, 5.41) is 14.6. The van der Waals surface area contributed by atoms with Crippen LogP contribution < -0.4 is 5.32 Å². The minimum absolute atomic E-state index is 0.0317. The first kappa shape index (κ1) is 21.7. The second-order valence-electron chi connectivity index (χ2n) is 7.68.